The Balaban J connectivity index is 3.57. The second-order valence-corrected chi connectivity index (χ2v) is 6.31. The number of aliphatic carboxylic acids is 2. The van der Waals surface area contributed by atoms with Crippen molar-refractivity contribution in [2.24, 2.45) is 0 Å². The number of hydrogen-bond acceptors (Lipinski definition) is 5. The van der Waals surface area contributed by atoms with Gasteiger partial charge in [-0.2, -0.15) is 0 Å². The minimum Gasteiger partial charge on any atom is -0.550 e. The quantitative estimate of drug-likeness (QED) is 0.378. The summed E-state index contributed by atoms with van der Waals surface area (Å²) in [6.07, 6.45) is 12.8. The highest BCUT2D eigenvalue weighted by atomic mass is 16.4. The molecule has 0 atom stereocenters. The number of rotatable bonds is 17. The molecular weight excluding hydrogens is 294 g/mol. The fourth-order valence-corrected chi connectivity index (χ4v) is 2.72. The van der Waals surface area contributed by atoms with Gasteiger partial charge in [0.05, 0.1) is 5.97 Å². The van der Waals surface area contributed by atoms with Crippen LogP contribution in [0.25, 0.3) is 0 Å². The van der Waals surface area contributed by atoms with Crippen LogP contribution < -0.4 is 10.2 Å². The third-order valence-electron chi connectivity index (χ3n) is 4.04. The van der Waals surface area contributed by atoms with Crippen LogP contribution in [0, 0.1) is 0 Å². The van der Waals surface area contributed by atoms with Gasteiger partial charge < -0.3 is 19.8 Å². The largest absolute Gasteiger partial charge is 0.550 e. The maximum Gasteiger partial charge on any atom is 0.0555 e. The second-order valence-electron chi connectivity index (χ2n) is 6.31. The summed E-state index contributed by atoms with van der Waals surface area (Å²) in [6.45, 7) is 3.27. The van der Waals surface area contributed by atoms with E-state index in [4.69, 9.17) is 0 Å². The number of carboxylic acids is 2. The number of hydrogen-bond donors (Lipinski definition) is 0. The molecule has 136 valence electrons. The lowest BCUT2D eigenvalue weighted by Gasteiger charge is -2.22. The van der Waals surface area contributed by atoms with Gasteiger partial charge >= 0.3 is 0 Å². The van der Waals surface area contributed by atoms with Gasteiger partial charge in [0.25, 0.3) is 0 Å². The van der Waals surface area contributed by atoms with Crippen LogP contribution in [0.1, 0.15) is 84.0 Å². The Morgan fingerprint density at radius 2 is 1.17 bits per heavy atom. The molecule has 0 N–H and O–H groups in total. The Kier molecular flexibility index (Phi) is 15.0. The van der Waals surface area contributed by atoms with E-state index in [-0.39, 0.29) is 13.0 Å². The molecule has 0 saturated carbocycles. The van der Waals surface area contributed by atoms with E-state index in [0.717, 1.165) is 12.8 Å². The smallest absolute Gasteiger partial charge is 0.0555 e. The molecule has 23 heavy (non-hydrogen) atoms. The predicted molar refractivity (Wildman–Crippen MR) is 87.5 cm³/mol. The highest BCUT2D eigenvalue weighted by Crippen LogP contribution is 2.11. The predicted octanol–water partition coefficient (Wildman–Crippen LogP) is 1.49. The maximum absolute atomic E-state index is 10.7. The van der Waals surface area contributed by atoms with Crippen LogP contribution in [0.2, 0.25) is 0 Å². The third-order valence-corrected chi connectivity index (χ3v) is 4.04. The van der Waals surface area contributed by atoms with Gasteiger partial charge in [-0.1, -0.05) is 64.7 Å². The Labute approximate surface area is 141 Å². The molecule has 0 radical (unpaired) electrons. The van der Waals surface area contributed by atoms with Gasteiger partial charge in [-0.05, 0) is 32.4 Å². The summed E-state index contributed by atoms with van der Waals surface area (Å²) >= 11 is 0. The molecule has 0 fully saturated rings. The lowest BCUT2D eigenvalue weighted by Crippen LogP contribution is -2.39. The normalized spacial score (nSPS) is 11.0. The molecule has 0 spiro atoms. The number of carbonyl (C=O) groups excluding carboxylic acids is 2. The van der Waals surface area contributed by atoms with Crippen LogP contribution in [-0.2, 0) is 9.59 Å². The van der Waals surface area contributed by atoms with Crippen molar-refractivity contribution in [1.29, 1.82) is 0 Å². The molecule has 0 aromatic rings. The van der Waals surface area contributed by atoms with E-state index in [1.807, 2.05) is 0 Å². The number of nitrogens with zero attached hydrogens (tertiary/aromatic N) is 1. The summed E-state index contributed by atoms with van der Waals surface area (Å²) in [5.74, 6) is -2.19. The van der Waals surface area contributed by atoms with Crippen LogP contribution in [0.4, 0.5) is 0 Å². The van der Waals surface area contributed by atoms with Crippen molar-refractivity contribution in [3.63, 3.8) is 0 Å². The molecule has 0 aromatic heterocycles. The SMILES string of the molecule is CCCCCCCCCCCCN(CCCC(=O)[O-])CC(=O)[O-]. The van der Waals surface area contributed by atoms with Crippen molar-refractivity contribution in [3.05, 3.63) is 0 Å². The monoisotopic (exact) mass is 327 g/mol. The minimum absolute atomic E-state index is 0.0262. The molecule has 0 rings (SSSR count). The summed E-state index contributed by atoms with van der Waals surface area (Å²) in [4.78, 5) is 22.9. The van der Waals surface area contributed by atoms with Gasteiger partial charge in [-0.25, -0.2) is 0 Å². The standard InChI is InChI=1S/C18H35NO4/c1-2-3-4-5-6-7-8-9-10-11-14-19(16-18(22)23)15-12-13-17(20)21/h2-16H2,1H3,(H,20,21)(H,22,23)/p-2. The summed E-state index contributed by atoms with van der Waals surface area (Å²) in [7, 11) is 0. The van der Waals surface area contributed by atoms with E-state index in [1.165, 1.54) is 51.4 Å². The fourth-order valence-electron chi connectivity index (χ4n) is 2.72. The first kappa shape index (κ1) is 21.9. The second kappa shape index (κ2) is 15.8. The number of carboxylic acid groups (broad SMARTS) is 2. The van der Waals surface area contributed by atoms with Gasteiger partial charge in [0.15, 0.2) is 0 Å². The Bertz CT molecular complexity index is 307. The first-order chi connectivity index (χ1) is 11.1. The molecular formula is C18H33NO4-2. The van der Waals surface area contributed by atoms with E-state index < -0.39 is 11.9 Å². The zero-order chi connectivity index (χ0) is 17.3. The highest BCUT2D eigenvalue weighted by molar-refractivity contribution is 5.66. The van der Waals surface area contributed by atoms with Crippen molar-refractivity contribution >= 4 is 11.9 Å². The van der Waals surface area contributed by atoms with Gasteiger partial charge in [0, 0.05) is 12.5 Å². The molecule has 0 aliphatic rings. The molecule has 0 unspecified atom stereocenters. The summed E-state index contributed by atoms with van der Waals surface area (Å²) in [5.41, 5.74) is 0. The van der Waals surface area contributed by atoms with Crippen LogP contribution in [0.5, 0.6) is 0 Å². The van der Waals surface area contributed by atoms with Gasteiger partial charge in [-0.15, -0.1) is 0 Å². The van der Waals surface area contributed by atoms with Crippen molar-refractivity contribution in [3.8, 4) is 0 Å². The van der Waals surface area contributed by atoms with Crippen molar-refractivity contribution in [2.75, 3.05) is 19.6 Å². The van der Waals surface area contributed by atoms with E-state index >= 15 is 0 Å². The molecule has 0 aliphatic heterocycles. The molecule has 5 heteroatoms. The molecule has 5 nitrogen and oxygen atoms in total. The maximum atomic E-state index is 10.7. The summed E-state index contributed by atoms with van der Waals surface area (Å²) < 4.78 is 0. The van der Waals surface area contributed by atoms with Crippen LogP contribution >= 0.6 is 0 Å². The molecule has 0 bridgehead atoms. The van der Waals surface area contributed by atoms with E-state index in [9.17, 15) is 19.8 Å². The summed E-state index contributed by atoms with van der Waals surface area (Å²) in [5, 5.41) is 21.1. The van der Waals surface area contributed by atoms with Gasteiger partial charge in [-0.3, -0.25) is 4.90 Å². The first-order valence-corrected chi connectivity index (χ1v) is 9.18. The topological polar surface area (TPSA) is 83.5 Å². The van der Waals surface area contributed by atoms with Crippen LogP contribution in [0.15, 0.2) is 0 Å². The zero-order valence-corrected chi connectivity index (χ0v) is 14.7. The molecule has 0 aliphatic carbocycles. The van der Waals surface area contributed by atoms with Crippen molar-refractivity contribution < 1.29 is 19.8 Å². The number of carbonyl (C=O) groups is 2. The van der Waals surface area contributed by atoms with Crippen LogP contribution in [-0.4, -0.2) is 36.5 Å². The van der Waals surface area contributed by atoms with Gasteiger partial charge in [0.1, 0.15) is 0 Å². The average molecular weight is 327 g/mol. The van der Waals surface area contributed by atoms with Crippen molar-refractivity contribution in [1.82, 2.24) is 4.90 Å². The van der Waals surface area contributed by atoms with E-state index in [1.54, 1.807) is 4.90 Å². The number of unbranched alkanes of at least 4 members (excludes halogenated alkanes) is 9. The Hall–Kier alpha value is -1.10. The summed E-state index contributed by atoms with van der Waals surface area (Å²) in [6, 6.07) is 0. The first-order valence-electron chi connectivity index (χ1n) is 9.18. The van der Waals surface area contributed by atoms with Gasteiger partial charge in [0.2, 0.25) is 0 Å². The van der Waals surface area contributed by atoms with Crippen molar-refractivity contribution in [2.45, 2.75) is 84.0 Å². The Morgan fingerprint density at radius 3 is 1.65 bits per heavy atom. The van der Waals surface area contributed by atoms with Crippen LogP contribution in [0.3, 0.4) is 0 Å². The molecule has 0 amide bonds. The zero-order valence-electron chi connectivity index (χ0n) is 14.7. The Morgan fingerprint density at radius 1 is 0.696 bits per heavy atom. The fraction of sp³-hybridized carbons (Fsp3) is 0.889. The molecule has 0 heterocycles. The third kappa shape index (κ3) is 17.1. The molecule has 0 saturated heterocycles. The lowest BCUT2D eigenvalue weighted by atomic mass is 10.1. The van der Waals surface area contributed by atoms with E-state index in [0.29, 0.717) is 19.5 Å². The lowest BCUT2D eigenvalue weighted by molar-refractivity contribution is -0.306. The average Bonchev–Trinajstić information content (AvgIpc) is 2.48. The van der Waals surface area contributed by atoms with E-state index in [2.05, 4.69) is 6.92 Å². The minimum atomic E-state index is -1.11. The highest BCUT2D eigenvalue weighted by Gasteiger charge is 2.05. The molecule has 0 aromatic carbocycles.